The molecule has 1 aromatic rings. The molecule has 0 aliphatic heterocycles. The summed E-state index contributed by atoms with van der Waals surface area (Å²) in [5.41, 5.74) is 1.22. The van der Waals surface area contributed by atoms with Crippen molar-refractivity contribution in [2.75, 3.05) is 13.7 Å². The van der Waals surface area contributed by atoms with Gasteiger partial charge in [-0.25, -0.2) is 0 Å². The third kappa shape index (κ3) is 3.47. The number of hydrogen-bond donors (Lipinski definition) is 2. The van der Waals surface area contributed by atoms with Gasteiger partial charge in [0.05, 0.1) is 13.2 Å². The molecule has 0 amide bonds. The first-order valence-electron chi connectivity index (χ1n) is 6.84. The molecule has 0 bridgehead atoms. The average molecular weight is 249 g/mol. The standard InChI is InChI=1S/C15H23NO2/c1-18-15-9-5-2-6-12(15)10-11-16-13-7-3-4-8-14(13)17/h2,5-6,9,13-14,16-17H,3-4,7-8,10-11H2,1H3. The minimum Gasteiger partial charge on any atom is -0.496 e. The van der Waals surface area contributed by atoms with Gasteiger partial charge in [0, 0.05) is 6.04 Å². The van der Waals surface area contributed by atoms with Crippen molar-refractivity contribution in [2.45, 2.75) is 44.2 Å². The third-order valence-electron chi connectivity index (χ3n) is 3.72. The molecule has 100 valence electrons. The molecule has 3 nitrogen and oxygen atoms in total. The van der Waals surface area contributed by atoms with Crippen molar-refractivity contribution in [1.82, 2.24) is 5.32 Å². The number of rotatable bonds is 5. The quantitative estimate of drug-likeness (QED) is 0.840. The number of benzene rings is 1. The fourth-order valence-corrected chi connectivity index (χ4v) is 2.65. The number of nitrogens with one attached hydrogen (secondary N) is 1. The zero-order chi connectivity index (χ0) is 12.8. The summed E-state index contributed by atoms with van der Waals surface area (Å²) in [6, 6.07) is 8.38. The van der Waals surface area contributed by atoms with Gasteiger partial charge in [-0.3, -0.25) is 0 Å². The molecule has 3 heteroatoms. The molecule has 1 saturated carbocycles. The van der Waals surface area contributed by atoms with E-state index in [9.17, 15) is 5.11 Å². The van der Waals surface area contributed by atoms with Crippen LogP contribution in [0.15, 0.2) is 24.3 Å². The Labute approximate surface area is 109 Å². The molecular weight excluding hydrogens is 226 g/mol. The van der Waals surface area contributed by atoms with E-state index in [2.05, 4.69) is 11.4 Å². The van der Waals surface area contributed by atoms with E-state index in [1.807, 2.05) is 18.2 Å². The van der Waals surface area contributed by atoms with Crippen LogP contribution in [0, 0.1) is 0 Å². The van der Waals surface area contributed by atoms with Gasteiger partial charge in [-0.05, 0) is 37.4 Å². The van der Waals surface area contributed by atoms with E-state index in [-0.39, 0.29) is 12.1 Å². The predicted octanol–water partition coefficient (Wildman–Crippen LogP) is 2.13. The molecule has 1 aliphatic carbocycles. The van der Waals surface area contributed by atoms with E-state index >= 15 is 0 Å². The lowest BCUT2D eigenvalue weighted by Crippen LogP contribution is -2.42. The summed E-state index contributed by atoms with van der Waals surface area (Å²) in [6.45, 7) is 0.891. The second-order valence-corrected chi connectivity index (χ2v) is 4.97. The summed E-state index contributed by atoms with van der Waals surface area (Å²) < 4.78 is 5.33. The van der Waals surface area contributed by atoms with E-state index in [0.29, 0.717) is 0 Å². The van der Waals surface area contributed by atoms with Gasteiger partial charge in [-0.15, -0.1) is 0 Å². The molecule has 0 aromatic heterocycles. The van der Waals surface area contributed by atoms with Crippen LogP contribution in [0.25, 0.3) is 0 Å². The molecule has 1 aliphatic rings. The zero-order valence-corrected chi connectivity index (χ0v) is 11.1. The van der Waals surface area contributed by atoms with Crippen LogP contribution in [0.3, 0.4) is 0 Å². The van der Waals surface area contributed by atoms with Crippen molar-refractivity contribution in [2.24, 2.45) is 0 Å². The summed E-state index contributed by atoms with van der Waals surface area (Å²) in [4.78, 5) is 0. The van der Waals surface area contributed by atoms with Crippen LogP contribution in [0.4, 0.5) is 0 Å². The molecule has 18 heavy (non-hydrogen) atoms. The fourth-order valence-electron chi connectivity index (χ4n) is 2.65. The molecule has 2 rings (SSSR count). The maximum Gasteiger partial charge on any atom is 0.122 e. The van der Waals surface area contributed by atoms with Crippen molar-refractivity contribution in [1.29, 1.82) is 0 Å². The number of ether oxygens (including phenoxy) is 1. The molecule has 0 saturated heterocycles. The molecule has 2 unspecified atom stereocenters. The van der Waals surface area contributed by atoms with Crippen LogP contribution < -0.4 is 10.1 Å². The molecular formula is C15H23NO2. The molecule has 2 atom stereocenters. The Hall–Kier alpha value is -1.06. The minimum atomic E-state index is -0.170. The number of methoxy groups -OCH3 is 1. The highest BCUT2D eigenvalue weighted by atomic mass is 16.5. The van der Waals surface area contributed by atoms with Crippen LogP contribution in [-0.2, 0) is 6.42 Å². The maximum atomic E-state index is 9.88. The van der Waals surface area contributed by atoms with Gasteiger partial charge in [0.1, 0.15) is 5.75 Å². The van der Waals surface area contributed by atoms with E-state index in [0.717, 1.165) is 38.0 Å². The number of aliphatic hydroxyl groups is 1. The average Bonchev–Trinajstić information content (AvgIpc) is 2.41. The second kappa shape index (κ2) is 6.76. The van der Waals surface area contributed by atoms with E-state index in [1.165, 1.54) is 12.0 Å². The molecule has 0 heterocycles. The first-order chi connectivity index (χ1) is 8.81. The van der Waals surface area contributed by atoms with Crippen molar-refractivity contribution >= 4 is 0 Å². The largest absolute Gasteiger partial charge is 0.496 e. The summed E-state index contributed by atoms with van der Waals surface area (Å²) in [5.74, 6) is 0.948. The van der Waals surface area contributed by atoms with Gasteiger partial charge in [0.25, 0.3) is 0 Å². The summed E-state index contributed by atoms with van der Waals surface area (Å²) in [7, 11) is 1.71. The third-order valence-corrected chi connectivity index (χ3v) is 3.72. The highest BCUT2D eigenvalue weighted by molar-refractivity contribution is 5.33. The SMILES string of the molecule is COc1ccccc1CCNC1CCCCC1O. The Bertz CT molecular complexity index is 367. The number of para-hydroxylation sites is 1. The van der Waals surface area contributed by atoms with Crippen molar-refractivity contribution < 1.29 is 9.84 Å². The van der Waals surface area contributed by atoms with Crippen molar-refractivity contribution in [3.05, 3.63) is 29.8 Å². The number of hydrogen-bond acceptors (Lipinski definition) is 3. The van der Waals surface area contributed by atoms with Crippen LogP contribution in [0.5, 0.6) is 5.75 Å². The van der Waals surface area contributed by atoms with Gasteiger partial charge in [0.2, 0.25) is 0 Å². The summed E-state index contributed by atoms with van der Waals surface area (Å²) >= 11 is 0. The number of aliphatic hydroxyl groups excluding tert-OH is 1. The molecule has 0 radical (unpaired) electrons. The highest BCUT2D eigenvalue weighted by Crippen LogP contribution is 2.20. The molecule has 1 fully saturated rings. The Morgan fingerprint density at radius 2 is 2.06 bits per heavy atom. The van der Waals surface area contributed by atoms with Crippen molar-refractivity contribution in [3.63, 3.8) is 0 Å². The van der Waals surface area contributed by atoms with Crippen LogP contribution >= 0.6 is 0 Å². The smallest absolute Gasteiger partial charge is 0.122 e. The first-order valence-corrected chi connectivity index (χ1v) is 6.84. The van der Waals surface area contributed by atoms with Crippen LogP contribution in [0.1, 0.15) is 31.2 Å². The van der Waals surface area contributed by atoms with Crippen LogP contribution in [-0.4, -0.2) is 30.9 Å². The van der Waals surface area contributed by atoms with E-state index in [4.69, 9.17) is 4.74 Å². The molecule has 2 N–H and O–H groups in total. The minimum absolute atomic E-state index is 0.170. The lowest BCUT2D eigenvalue weighted by atomic mass is 9.92. The van der Waals surface area contributed by atoms with Gasteiger partial charge in [-0.2, -0.15) is 0 Å². The van der Waals surface area contributed by atoms with Crippen molar-refractivity contribution in [3.8, 4) is 5.75 Å². The molecule has 1 aromatic carbocycles. The zero-order valence-electron chi connectivity index (χ0n) is 11.1. The summed E-state index contributed by atoms with van der Waals surface area (Å²) in [5, 5.41) is 13.3. The Kier molecular flexibility index (Phi) is 5.02. The lowest BCUT2D eigenvalue weighted by Gasteiger charge is -2.28. The van der Waals surface area contributed by atoms with Gasteiger partial charge >= 0.3 is 0 Å². The van der Waals surface area contributed by atoms with E-state index in [1.54, 1.807) is 7.11 Å². The predicted molar refractivity (Wildman–Crippen MR) is 73.0 cm³/mol. The fraction of sp³-hybridized carbons (Fsp3) is 0.600. The first kappa shape index (κ1) is 13.4. The normalized spacial score (nSPS) is 23.9. The Balaban J connectivity index is 1.80. The van der Waals surface area contributed by atoms with E-state index < -0.39 is 0 Å². The van der Waals surface area contributed by atoms with Crippen LogP contribution in [0.2, 0.25) is 0 Å². The Morgan fingerprint density at radius 3 is 2.83 bits per heavy atom. The second-order valence-electron chi connectivity index (χ2n) is 4.97. The highest BCUT2D eigenvalue weighted by Gasteiger charge is 2.21. The summed E-state index contributed by atoms with van der Waals surface area (Å²) in [6.07, 6.45) is 5.18. The van der Waals surface area contributed by atoms with Gasteiger partial charge in [0.15, 0.2) is 0 Å². The maximum absolute atomic E-state index is 9.88. The molecule has 0 spiro atoms. The Morgan fingerprint density at radius 1 is 1.28 bits per heavy atom. The van der Waals surface area contributed by atoms with Gasteiger partial charge < -0.3 is 15.2 Å². The lowest BCUT2D eigenvalue weighted by molar-refractivity contribution is 0.0913. The monoisotopic (exact) mass is 249 g/mol. The van der Waals surface area contributed by atoms with Gasteiger partial charge in [-0.1, -0.05) is 31.0 Å². The topological polar surface area (TPSA) is 41.5 Å².